The van der Waals surface area contributed by atoms with E-state index in [1.165, 1.54) is 11.8 Å². The Kier molecular flexibility index (Phi) is 4.75. The van der Waals surface area contributed by atoms with Gasteiger partial charge in [0, 0.05) is 16.4 Å². The van der Waals surface area contributed by atoms with E-state index in [1.807, 2.05) is 49.9 Å². The minimum absolute atomic E-state index is 0.0681. The highest BCUT2D eigenvalue weighted by atomic mass is 32.2. The summed E-state index contributed by atoms with van der Waals surface area (Å²) in [7, 11) is -3.05. The van der Waals surface area contributed by atoms with E-state index < -0.39 is 15.3 Å². The predicted octanol–water partition coefficient (Wildman–Crippen LogP) is 2.90. The first kappa shape index (κ1) is 18.5. The van der Waals surface area contributed by atoms with Crippen LogP contribution >= 0.6 is 11.8 Å². The molecule has 5 nitrogen and oxygen atoms in total. The predicted molar refractivity (Wildman–Crippen MR) is 104 cm³/mol. The molecule has 1 amide bonds. The molecule has 2 fully saturated rings. The van der Waals surface area contributed by atoms with E-state index in [-0.39, 0.29) is 28.7 Å². The highest BCUT2D eigenvalue weighted by Gasteiger charge is 2.49. The van der Waals surface area contributed by atoms with E-state index in [4.69, 9.17) is 0 Å². The lowest BCUT2D eigenvalue weighted by atomic mass is 9.96. The molecule has 1 aromatic carbocycles. The second-order valence-electron chi connectivity index (χ2n) is 7.60. The van der Waals surface area contributed by atoms with Crippen LogP contribution in [-0.2, 0) is 21.1 Å². The fourth-order valence-corrected chi connectivity index (χ4v) is 7.05. The smallest absolute Gasteiger partial charge is 0.253 e. The van der Waals surface area contributed by atoms with Crippen LogP contribution < -0.4 is 4.90 Å². The monoisotopic (exact) mass is 380 g/mol. The molecule has 3 rings (SSSR count). The number of hydrogen-bond acceptors (Lipinski definition) is 4. The van der Waals surface area contributed by atoms with Gasteiger partial charge in [0.1, 0.15) is 0 Å². The van der Waals surface area contributed by atoms with E-state index in [0.717, 1.165) is 17.7 Å². The highest BCUT2D eigenvalue weighted by Crippen LogP contribution is 2.42. The molecule has 2 aliphatic rings. The number of anilines is 1. The lowest BCUT2D eigenvalue weighted by Crippen LogP contribution is -2.38. The van der Waals surface area contributed by atoms with E-state index >= 15 is 0 Å². The summed E-state index contributed by atoms with van der Waals surface area (Å²) in [6, 6.07) is 7.79. The number of sulfone groups is 1. The number of benzene rings is 1. The Bertz CT molecular complexity index is 825. The number of aryl methyl sites for hydroxylation is 1. The van der Waals surface area contributed by atoms with Gasteiger partial charge < -0.3 is 4.90 Å². The number of thioether (sulfide) groups is 1. The maximum atomic E-state index is 12.5. The van der Waals surface area contributed by atoms with Crippen molar-refractivity contribution in [3.63, 3.8) is 0 Å². The Morgan fingerprint density at radius 3 is 2.60 bits per heavy atom. The van der Waals surface area contributed by atoms with Crippen molar-refractivity contribution in [3.05, 3.63) is 29.8 Å². The molecule has 0 aliphatic carbocycles. The van der Waals surface area contributed by atoms with Crippen LogP contribution in [-0.4, -0.2) is 42.3 Å². The maximum absolute atomic E-state index is 12.5. The Balaban J connectivity index is 2.07. The minimum atomic E-state index is -3.05. The van der Waals surface area contributed by atoms with Gasteiger partial charge in [-0.25, -0.2) is 8.42 Å². The van der Waals surface area contributed by atoms with Crippen molar-refractivity contribution in [1.29, 1.82) is 0 Å². The van der Waals surface area contributed by atoms with Crippen LogP contribution in [0.4, 0.5) is 5.69 Å². The summed E-state index contributed by atoms with van der Waals surface area (Å²) in [5.74, 6) is 0.0817. The van der Waals surface area contributed by atoms with Gasteiger partial charge in [-0.1, -0.05) is 57.7 Å². The molecule has 0 bridgehead atoms. The number of carbonyl (C=O) groups is 1. The van der Waals surface area contributed by atoms with Crippen molar-refractivity contribution < 1.29 is 13.2 Å². The molecule has 0 N–H and O–H groups in total. The standard InChI is InChI=1S/C18H24N2O3S2/c1-5-12-8-6-7-9-13(12)20-14-10-25(22,23)11-15(14)24-17(20)19-16(21)18(2,3)4/h6-9,14-15H,5,10-11H2,1-4H3/t14-,15+/m0/s1. The van der Waals surface area contributed by atoms with Crippen LogP contribution in [0.3, 0.4) is 0 Å². The topological polar surface area (TPSA) is 66.8 Å². The first-order valence-corrected chi connectivity index (χ1v) is 11.2. The first-order chi connectivity index (χ1) is 11.6. The molecule has 2 saturated heterocycles. The van der Waals surface area contributed by atoms with Crippen LogP contribution in [0.5, 0.6) is 0 Å². The maximum Gasteiger partial charge on any atom is 0.253 e. The van der Waals surface area contributed by atoms with Gasteiger partial charge in [-0.05, 0) is 18.1 Å². The molecule has 0 spiro atoms. The van der Waals surface area contributed by atoms with E-state index in [2.05, 4.69) is 11.9 Å². The van der Waals surface area contributed by atoms with Crippen LogP contribution in [0, 0.1) is 5.41 Å². The fraction of sp³-hybridized carbons (Fsp3) is 0.556. The zero-order valence-corrected chi connectivity index (χ0v) is 16.7. The van der Waals surface area contributed by atoms with Crippen molar-refractivity contribution in [2.24, 2.45) is 10.4 Å². The third-order valence-electron chi connectivity index (χ3n) is 4.54. The average molecular weight is 381 g/mol. The van der Waals surface area contributed by atoms with Crippen LogP contribution in [0.1, 0.15) is 33.3 Å². The number of carbonyl (C=O) groups excluding carboxylic acids is 1. The number of nitrogens with zero attached hydrogens (tertiary/aromatic N) is 2. The van der Waals surface area contributed by atoms with Gasteiger partial charge in [0.05, 0.1) is 17.5 Å². The van der Waals surface area contributed by atoms with Crippen molar-refractivity contribution >= 4 is 38.4 Å². The summed E-state index contributed by atoms with van der Waals surface area (Å²) in [5, 5.41) is 0.562. The SMILES string of the molecule is CCc1ccccc1N1C(=NC(=O)C(C)(C)C)S[C@@H]2CS(=O)(=O)C[C@@H]21. The highest BCUT2D eigenvalue weighted by molar-refractivity contribution is 8.16. The second kappa shape index (κ2) is 6.43. The zero-order valence-electron chi connectivity index (χ0n) is 15.0. The van der Waals surface area contributed by atoms with Gasteiger partial charge in [-0.2, -0.15) is 4.99 Å². The summed E-state index contributed by atoms with van der Waals surface area (Å²) in [6.45, 7) is 7.60. The summed E-state index contributed by atoms with van der Waals surface area (Å²) in [4.78, 5) is 18.8. The second-order valence-corrected chi connectivity index (χ2v) is 11.0. The number of amidine groups is 1. The van der Waals surface area contributed by atoms with E-state index in [1.54, 1.807) is 0 Å². The molecule has 0 aromatic heterocycles. The minimum Gasteiger partial charge on any atom is -0.315 e. The molecule has 0 radical (unpaired) electrons. The lowest BCUT2D eigenvalue weighted by molar-refractivity contribution is -0.124. The largest absolute Gasteiger partial charge is 0.315 e. The van der Waals surface area contributed by atoms with Gasteiger partial charge >= 0.3 is 0 Å². The fourth-order valence-electron chi connectivity index (χ4n) is 3.15. The molecule has 25 heavy (non-hydrogen) atoms. The van der Waals surface area contributed by atoms with Crippen molar-refractivity contribution in [1.82, 2.24) is 0 Å². The number of para-hydroxylation sites is 1. The number of hydrogen-bond donors (Lipinski definition) is 0. The van der Waals surface area contributed by atoms with Gasteiger partial charge in [0.25, 0.3) is 5.91 Å². The molecule has 1 aromatic rings. The molecule has 2 atom stereocenters. The van der Waals surface area contributed by atoms with Gasteiger partial charge in [-0.3, -0.25) is 4.79 Å². The summed E-state index contributed by atoms with van der Waals surface area (Å²) in [6.07, 6.45) is 0.835. The molecule has 7 heteroatoms. The third kappa shape index (κ3) is 3.62. The number of amides is 1. The molecular formula is C18H24N2O3S2. The van der Waals surface area contributed by atoms with Gasteiger partial charge in [-0.15, -0.1) is 0 Å². The third-order valence-corrected chi connectivity index (χ3v) is 7.75. The zero-order chi connectivity index (χ0) is 18.4. The molecular weight excluding hydrogens is 356 g/mol. The van der Waals surface area contributed by atoms with Crippen LogP contribution in [0.25, 0.3) is 0 Å². The molecule has 2 aliphatic heterocycles. The average Bonchev–Trinajstić information content (AvgIpc) is 2.97. The molecule has 2 heterocycles. The Labute approximate surface area is 153 Å². The normalized spacial score (nSPS) is 26.9. The summed E-state index contributed by atoms with van der Waals surface area (Å²) < 4.78 is 24.2. The number of fused-ring (bicyclic) bond motifs is 1. The van der Waals surface area contributed by atoms with E-state index in [9.17, 15) is 13.2 Å². The molecule has 0 saturated carbocycles. The quantitative estimate of drug-likeness (QED) is 0.789. The summed E-state index contributed by atoms with van der Waals surface area (Å²) >= 11 is 1.43. The van der Waals surface area contributed by atoms with Gasteiger partial charge in [0.2, 0.25) is 0 Å². The van der Waals surface area contributed by atoms with Crippen LogP contribution in [0.15, 0.2) is 29.3 Å². The van der Waals surface area contributed by atoms with Crippen LogP contribution in [0.2, 0.25) is 0 Å². The Hall–Kier alpha value is -1.34. The summed E-state index contributed by atoms with van der Waals surface area (Å²) in [5.41, 5.74) is 1.53. The Morgan fingerprint density at radius 1 is 1.28 bits per heavy atom. The van der Waals surface area contributed by atoms with Crippen molar-refractivity contribution in [3.8, 4) is 0 Å². The molecule has 0 unspecified atom stereocenters. The molecule has 136 valence electrons. The van der Waals surface area contributed by atoms with Crippen molar-refractivity contribution in [2.45, 2.75) is 45.4 Å². The van der Waals surface area contributed by atoms with E-state index in [0.29, 0.717) is 5.17 Å². The number of aliphatic imine (C=N–C) groups is 1. The number of rotatable bonds is 2. The first-order valence-electron chi connectivity index (χ1n) is 8.50. The van der Waals surface area contributed by atoms with Crippen molar-refractivity contribution in [2.75, 3.05) is 16.4 Å². The Morgan fingerprint density at radius 2 is 1.96 bits per heavy atom. The van der Waals surface area contributed by atoms with Gasteiger partial charge in [0.15, 0.2) is 15.0 Å². The lowest BCUT2D eigenvalue weighted by Gasteiger charge is -2.27.